The fraction of sp³-hybridized carbons (Fsp3) is 0.368. The summed E-state index contributed by atoms with van der Waals surface area (Å²) < 4.78 is 0. The number of carbonyl (C=O) groups excluding carboxylic acids is 2. The van der Waals surface area contributed by atoms with E-state index in [-0.39, 0.29) is 11.8 Å². The zero-order valence-electron chi connectivity index (χ0n) is 14.7. The van der Waals surface area contributed by atoms with E-state index in [1.165, 1.54) is 16.9 Å². The predicted octanol–water partition coefficient (Wildman–Crippen LogP) is 2.50. The number of thiophene rings is 1. The van der Waals surface area contributed by atoms with Gasteiger partial charge in [0, 0.05) is 13.1 Å². The predicted molar refractivity (Wildman–Crippen MR) is 102 cm³/mol. The summed E-state index contributed by atoms with van der Waals surface area (Å²) >= 11 is 1.36. The van der Waals surface area contributed by atoms with Crippen LogP contribution in [0, 0.1) is 0 Å². The van der Waals surface area contributed by atoms with Gasteiger partial charge in [0.1, 0.15) is 6.04 Å². The van der Waals surface area contributed by atoms with Crippen LogP contribution in [0.25, 0.3) is 0 Å². The second-order valence-corrected chi connectivity index (χ2v) is 6.99. The van der Waals surface area contributed by atoms with Crippen molar-refractivity contribution in [2.45, 2.75) is 25.9 Å². The van der Waals surface area contributed by atoms with Crippen LogP contribution in [0.3, 0.4) is 0 Å². The molecule has 0 spiro atoms. The molecule has 6 heteroatoms. The SMILES string of the molecule is CC(NC(=O)c1cccs1)C(=O)NCCCN(C)Cc1ccccc1. The van der Waals surface area contributed by atoms with Gasteiger partial charge in [-0.3, -0.25) is 9.59 Å². The Morgan fingerprint density at radius 1 is 1.16 bits per heavy atom. The van der Waals surface area contributed by atoms with E-state index in [4.69, 9.17) is 0 Å². The molecule has 0 aliphatic rings. The maximum absolute atomic E-state index is 12.0. The van der Waals surface area contributed by atoms with Crippen molar-refractivity contribution in [2.75, 3.05) is 20.1 Å². The van der Waals surface area contributed by atoms with Gasteiger partial charge in [-0.05, 0) is 43.9 Å². The number of hydrogen-bond donors (Lipinski definition) is 2. The summed E-state index contributed by atoms with van der Waals surface area (Å²) in [5.74, 6) is -0.365. The van der Waals surface area contributed by atoms with Crippen molar-refractivity contribution >= 4 is 23.2 Å². The molecule has 2 N–H and O–H groups in total. The van der Waals surface area contributed by atoms with Crippen molar-refractivity contribution in [3.05, 3.63) is 58.3 Å². The minimum Gasteiger partial charge on any atom is -0.354 e. The summed E-state index contributed by atoms with van der Waals surface area (Å²) in [5.41, 5.74) is 1.28. The molecule has 0 bridgehead atoms. The van der Waals surface area contributed by atoms with Crippen molar-refractivity contribution in [3.8, 4) is 0 Å². The Morgan fingerprint density at radius 2 is 1.92 bits per heavy atom. The lowest BCUT2D eigenvalue weighted by atomic mass is 10.2. The smallest absolute Gasteiger partial charge is 0.261 e. The van der Waals surface area contributed by atoms with Gasteiger partial charge >= 0.3 is 0 Å². The van der Waals surface area contributed by atoms with E-state index in [9.17, 15) is 9.59 Å². The van der Waals surface area contributed by atoms with Gasteiger partial charge in [0.05, 0.1) is 4.88 Å². The maximum atomic E-state index is 12.0. The van der Waals surface area contributed by atoms with E-state index in [0.29, 0.717) is 11.4 Å². The summed E-state index contributed by atoms with van der Waals surface area (Å²) in [4.78, 5) is 26.8. The van der Waals surface area contributed by atoms with Gasteiger partial charge < -0.3 is 15.5 Å². The Morgan fingerprint density at radius 3 is 2.60 bits per heavy atom. The Hall–Kier alpha value is -2.18. The summed E-state index contributed by atoms with van der Waals surface area (Å²) in [7, 11) is 2.07. The number of hydrogen-bond acceptors (Lipinski definition) is 4. The fourth-order valence-electron chi connectivity index (χ4n) is 2.43. The molecule has 0 saturated carbocycles. The van der Waals surface area contributed by atoms with Gasteiger partial charge in [-0.25, -0.2) is 0 Å². The Kier molecular flexibility index (Phi) is 7.63. The van der Waals surface area contributed by atoms with Crippen LogP contribution in [0.15, 0.2) is 47.8 Å². The largest absolute Gasteiger partial charge is 0.354 e. The normalized spacial score (nSPS) is 12.0. The number of amides is 2. The molecule has 1 aromatic carbocycles. The zero-order valence-corrected chi connectivity index (χ0v) is 15.5. The van der Waals surface area contributed by atoms with Gasteiger partial charge in [-0.1, -0.05) is 36.4 Å². The standard InChI is InChI=1S/C19H25N3O2S/c1-15(21-19(24)17-10-6-13-25-17)18(23)20-11-7-12-22(2)14-16-8-4-3-5-9-16/h3-6,8-10,13,15H,7,11-12,14H2,1-2H3,(H,20,23)(H,21,24). The third-order valence-corrected chi connectivity index (χ3v) is 4.67. The number of benzene rings is 1. The lowest BCUT2D eigenvalue weighted by Gasteiger charge is -2.17. The molecule has 0 aliphatic heterocycles. The minimum atomic E-state index is -0.545. The molecule has 0 fully saturated rings. The van der Waals surface area contributed by atoms with Crippen LogP contribution in [0.1, 0.15) is 28.6 Å². The van der Waals surface area contributed by atoms with Crippen molar-refractivity contribution in [1.82, 2.24) is 15.5 Å². The van der Waals surface area contributed by atoms with Crippen LogP contribution in [0.2, 0.25) is 0 Å². The highest BCUT2D eigenvalue weighted by molar-refractivity contribution is 7.12. The molecule has 0 saturated heterocycles. The molecule has 1 atom stereocenters. The number of nitrogens with zero attached hydrogens (tertiary/aromatic N) is 1. The highest BCUT2D eigenvalue weighted by atomic mass is 32.1. The number of rotatable bonds is 9. The molecule has 5 nitrogen and oxygen atoms in total. The first-order valence-electron chi connectivity index (χ1n) is 8.41. The third kappa shape index (κ3) is 6.68. The first-order chi connectivity index (χ1) is 12.1. The van der Waals surface area contributed by atoms with Crippen LogP contribution < -0.4 is 10.6 Å². The maximum Gasteiger partial charge on any atom is 0.261 e. The van der Waals surface area contributed by atoms with E-state index in [2.05, 4.69) is 34.7 Å². The average molecular weight is 359 g/mol. The molecule has 1 unspecified atom stereocenters. The Balaban J connectivity index is 1.62. The first kappa shape index (κ1) is 19.1. The monoisotopic (exact) mass is 359 g/mol. The molecule has 0 radical (unpaired) electrons. The van der Waals surface area contributed by atoms with Gasteiger partial charge in [0.2, 0.25) is 5.91 Å². The molecule has 2 rings (SSSR count). The van der Waals surface area contributed by atoms with Crippen LogP contribution >= 0.6 is 11.3 Å². The van der Waals surface area contributed by atoms with E-state index in [1.54, 1.807) is 13.0 Å². The van der Waals surface area contributed by atoms with Gasteiger partial charge in [0.15, 0.2) is 0 Å². The van der Waals surface area contributed by atoms with Gasteiger partial charge in [-0.15, -0.1) is 11.3 Å². The second kappa shape index (κ2) is 9.96. The van der Waals surface area contributed by atoms with Crippen LogP contribution in [-0.4, -0.2) is 42.9 Å². The number of nitrogens with one attached hydrogen (secondary N) is 2. The molecule has 1 aromatic heterocycles. The third-order valence-electron chi connectivity index (χ3n) is 3.80. The van der Waals surface area contributed by atoms with Crippen molar-refractivity contribution in [3.63, 3.8) is 0 Å². The molecule has 1 heterocycles. The van der Waals surface area contributed by atoms with Crippen LogP contribution in [0.4, 0.5) is 0 Å². The minimum absolute atomic E-state index is 0.157. The Labute approximate surface area is 153 Å². The van der Waals surface area contributed by atoms with E-state index in [0.717, 1.165) is 19.5 Å². The lowest BCUT2D eigenvalue weighted by Crippen LogP contribution is -2.45. The highest BCUT2D eigenvalue weighted by Crippen LogP contribution is 2.08. The van der Waals surface area contributed by atoms with Crippen molar-refractivity contribution < 1.29 is 9.59 Å². The summed E-state index contributed by atoms with van der Waals surface area (Å²) in [6.45, 7) is 4.08. The Bertz CT molecular complexity index is 659. The lowest BCUT2D eigenvalue weighted by molar-refractivity contribution is -0.122. The van der Waals surface area contributed by atoms with Gasteiger partial charge in [0.25, 0.3) is 5.91 Å². The van der Waals surface area contributed by atoms with E-state index in [1.807, 2.05) is 29.6 Å². The zero-order chi connectivity index (χ0) is 18.1. The average Bonchev–Trinajstić information content (AvgIpc) is 3.14. The quantitative estimate of drug-likeness (QED) is 0.676. The van der Waals surface area contributed by atoms with Crippen LogP contribution in [0.5, 0.6) is 0 Å². The second-order valence-electron chi connectivity index (χ2n) is 6.04. The van der Waals surface area contributed by atoms with E-state index < -0.39 is 6.04 Å². The summed E-state index contributed by atoms with van der Waals surface area (Å²) in [6.07, 6.45) is 0.862. The van der Waals surface area contributed by atoms with Crippen molar-refractivity contribution in [2.24, 2.45) is 0 Å². The molecule has 25 heavy (non-hydrogen) atoms. The molecule has 2 amide bonds. The van der Waals surface area contributed by atoms with Crippen LogP contribution in [-0.2, 0) is 11.3 Å². The molecular formula is C19H25N3O2S. The highest BCUT2D eigenvalue weighted by Gasteiger charge is 2.16. The molecule has 134 valence electrons. The van der Waals surface area contributed by atoms with E-state index >= 15 is 0 Å². The topological polar surface area (TPSA) is 61.4 Å². The van der Waals surface area contributed by atoms with Crippen molar-refractivity contribution in [1.29, 1.82) is 0 Å². The first-order valence-corrected chi connectivity index (χ1v) is 9.29. The molecule has 0 aliphatic carbocycles. The fourth-order valence-corrected chi connectivity index (χ4v) is 3.06. The van der Waals surface area contributed by atoms with Gasteiger partial charge in [-0.2, -0.15) is 0 Å². The summed E-state index contributed by atoms with van der Waals surface area (Å²) in [5, 5.41) is 7.43. The molecular weight excluding hydrogens is 334 g/mol. The summed E-state index contributed by atoms with van der Waals surface area (Å²) in [6, 6.07) is 13.3. The molecule has 2 aromatic rings. The number of carbonyl (C=O) groups is 2.